The molecule has 4 nitrogen and oxygen atoms in total. The second kappa shape index (κ2) is 9.15. The van der Waals surface area contributed by atoms with Crippen molar-refractivity contribution < 1.29 is 9.53 Å². The van der Waals surface area contributed by atoms with Crippen molar-refractivity contribution in [2.24, 2.45) is 11.8 Å². The number of anilines is 1. The Kier molecular flexibility index (Phi) is 7.89. The van der Waals surface area contributed by atoms with E-state index >= 15 is 0 Å². The lowest BCUT2D eigenvalue weighted by Crippen LogP contribution is -2.27. The highest BCUT2D eigenvalue weighted by Crippen LogP contribution is 2.27. The Morgan fingerprint density at radius 1 is 1.19 bits per heavy atom. The van der Waals surface area contributed by atoms with Crippen molar-refractivity contribution in [3.63, 3.8) is 0 Å². The quantitative estimate of drug-likeness (QED) is 0.612. The van der Waals surface area contributed by atoms with Gasteiger partial charge in [0.2, 0.25) is 0 Å². The number of thiazole rings is 1. The van der Waals surface area contributed by atoms with E-state index in [0.717, 1.165) is 43.0 Å². The number of rotatable bonds is 10. The first kappa shape index (κ1) is 18.1. The molecule has 0 radical (unpaired) electrons. The zero-order valence-corrected chi connectivity index (χ0v) is 14.7. The highest BCUT2D eigenvalue weighted by atomic mass is 32.1. The van der Waals surface area contributed by atoms with E-state index in [0.29, 0.717) is 23.3 Å². The van der Waals surface area contributed by atoms with Crippen molar-refractivity contribution in [1.29, 1.82) is 0 Å². The van der Waals surface area contributed by atoms with Crippen molar-refractivity contribution in [2.75, 3.05) is 25.1 Å². The number of methoxy groups -OCH3 is 1. The third kappa shape index (κ3) is 6.14. The first-order valence-corrected chi connectivity index (χ1v) is 8.48. The van der Waals surface area contributed by atoms with Crippen LogP contribution in [-0.2, 0) is 11.3 Å². The number of ether oxygens (including phenoxy) is 1. The number of hydrogen-bond acceptors (Lipinski definition) is 5. The predicted molar refractivity (Wildman–Crippen MR) is 89.3 cm³/mol. The van der Waals surface area contributed by atoms with Crippen LogP contribution in [0.2, 0.25) is 0 Å². The Balaban J connectivity index is 2.86. The molecule has 0 aromatic carbocycles. The van der Waals surface area contributed by atoms with Crippen LogP contribution in [0.15, 0.2) is 0 Å². The minimum Gasteiger partial charge on any atom is -0.378 e. The fourth-order valence-electron chi connectivity index (χ4n) is 1.95. The molecule has 0 aliphatic rings. The molecule has 0 bridgehead atoms. The maximum atomic E-state index is 11.2. The number of nitrogens with zero attached hydrogens (tertiary/aromatic N) is 2. The molecule has 120 valence electrons. The Hall–Kier alpha value is -0.940. The molecule has 5 heteroatoms. The van der Waals surface area contributed by atoms with Gasteiger partial charge in [-0.2, -0.15) is 0 Å². The predicted octanol–water partition coefficient (Wildman–Crippen LogP) is 4.00. The van der Waals surface area contributed by atoms with Crippen molar-refractivity contribution in [3.8, 4) is 0 Å². The van der Waals surface area contributed by atoms with E-state index in [4.69, 9.17) is 4.74 Å². The largest absolute Gasteiger partial charge is 0.378 e. The molecule has 1 aromatic heterocycles. The summed E-state index contributed by atoms with van der Waals surface area (Å²) in [6, 6.07) is 0. The summed E-state index contributed by atoms with van der Waals surface area (Å²) in [5.74, 6) is 1.32. The molecule has 1 rings (SSSR count). The molecule has 0 aliphatic carbocycles. The topological polar surface area (TPSA) is 42.4 Å². The molecule has 0 unspecified atom stereocenters. The average molecular weight is 312 g/mol. The van der Waals surface area contributed by atoms with Crippen LogP contribution >= 0.6 is 11.3 Å². The molecule has 1 heterocycles. The summed E-state index contributed by atoms with van der Waals surface area (Å²) in [6.45, 7) is 11.3. The molecule has 0 saturated heterocycles. The Bertz CT molecular complexity index is 418. The van der Waals surface area contributed by atoms with Gasteiger partial charge in [-0.15, -0.1) is 0 Å². The normalized spacial score (nSPS) is 11.4. The lowest BCUT2D eigenvalue weighted by atomic mass is 10.1. The van der Waals surface area contributed by atoms with Crippen molar-refractivity contribution in [1.82, 2.24) is 4.98 Å². The monoisotopic (exact) mass is 312 g/mol. The first-order chi connectivity index (χ1) is 9.97. The molecule has 0 atom stereocenters. The van der Waals surface area contributed by atoms with Crippen LogP contribution in [0.4, 0.5) is 5.13 Å². The molecule has 0 fully saturated rings. The van der Waals surface area contributed by atoms with Gasteiger partial charge in [0.15, 0.2) is 11.4 Å². The van der Waals surface area contributed by atoms with E-state index in [1.54, 1.807) is 7.11 Å². The fraction of sp³-hybridized carbons (Fsp3) is 0.750. The van der Waals surface area contributed by atoms with E-state index < -0.39 is 0 Å². The summed E-state index contributed by atoms with van der Waals surface area (Å²) < 4.78 is 5.13. The van der Waals surface area contributed by atoms with Crippen LogP contribution in [0.5, 0.6) is 0 Å². The van der Waals surface area contributed by atoms with Gasteiger partial charge >= 0.3 is 0 Å². The van der Waals surface area contributed by atoms with Crippen LogP contribution < -0.4 is 4.90 Å². The van der Waals surface area contributed by atoms with Crippen LogP contribution in [0.1, 0.15) is 55.9 Å². The van der Waals surface area contributed by atoms with Gasteiger partial charge in [0.25, 0.3) is 0 Å². The van der Waals surface area contributed by atoms with Gasteiger partial charge in [0.1, 0.15) is 0 Å². The van der Waals surface area contributed by atoms with E-state index in [1.165, 1.54) is 11.3 Å². The van der Waals surface area contributed by atoms with Gasteiger partial charge in [-0.3, -0.25) is 4.79 Å². The van der Waals surface area contributed by atoms with Gasteiger partial charge < -0.3 is 9.64 Å². The van der Waals surface area contributed by atoms with Crippen molar-refractivity contribution in [3.05, 3.63) is 10.6 Å². The minimum absolute atomic E-state index is 0.396. The third-order valence-corrected chi connectivity index (χ3v) is 4.41. The van der Waals surface area contributed by atoms with Crippen molar-refractivity contribution >= 4 is 22.8 Å². The number of carbonyl (C=O) groups excluding carboxylic acids is 1. The minimum atomic E-state index is 0.396. The van der Waals surface area contributed by atoms with Crippen LogP contribution in [0.3, 0.4) is 0 Å². The van der Waals surface area contributed by atoms with E-state index in [1.807, 2.05) is 0 Å². The Morgan fingerprint density at radius 3 is 2.19 bits per heavy atom. The van der Waals surface area contributed by atoms with Gasteiger partial charge in [0.05, 0.1) is 17.2 Å². The SMILES string of the molecule is COCc1nc(N(CCC(C)C)CCC(C)C)sc1C=O. The maximum absolute atomic E-state index is 11.2. The number of aldehydes is 1. The average Bonchev–Trinajstić information content (AvgIpc) is 2.81. The zero-order chi connectivity index (χ0) is 15.8. The molecule has 1 aromatic rings. The number of hydrogen-bond donors (Lipinski definition) is 0. The van der Waals surface area contributed by atoms with E-state index in [-0.39, 0.29) is 0 Å². The number of aromatic nitrogens is 1. The molecule has 0 saturated carbocycles. The highest BCUT2D eigenvalue weighted by molar-refractivity contribution is 7.17. The van der Waals surface area contributed by atoms with Gasteiger partial charge in [-0.25, -0.2) is 4.98 Å². The second-order valence-corrected chi connectivity index (χ2v) is 7.22. The summed E-state index contributed by atoms with van der Waals surface area (Å²) in [5, 5.41) is 0.949. The van der Waals surface area contributed by atoms with Gasteiger partial charge in [0, 0.05) is 20.2 Å². The smallest absolute Gasteiger partial charge is 0.186 e. The third-order valence-electron chi connectivity index (χ3n) is 3.33. The summed E-state index contributed by atoms with van der Waals surface area (Å²) in [6.07, 6.45) is 3.15. The Morgan fingerprint density at radius 2 is 1.76 bits per heavy atom. The summed E-state index contributed by atoms with van der Waals surface area (Å²) in [5.41, 5.74) is 0.756. The van der Waals surface area contributed by atoms with Crippen molar-refractivity contribution in [2.45, 2.75) is 47.1 Å². The van der Waals surface area contributed by atoms with E-state index in [2.05, 4.69) is 37.6 Å². The first-order valence-electron chi connectivity index (χ1n) is 7.66. The summed E-state index contributed by atoms with van der Waals surface area (Å²) >= 11 is 1.48. The van der Waals surface area contributed by atoms with Gasteiger partial charge in [-0.05, 0) is 24.7 Å². The molecule has 0 aliphatic heterocycles. The molecular formula is C16H28N2O2S. The molecular weight excluding hydrogens is 284 g/mol. The standard InChI is InChI=1S/C16H28N2O2S/c1-12(2)6-8-18(9-7-13(3)4)16-17-14(11-20-5)15(10-19)21-16/h10,12-13H,6-9,11H2,1-5H3. The van der Waals surface area contributed by atoms with Crippen LogP contribution in [0.25, 0.3) is 0 Å². The molecule has 0 N–H and O–H groups in total. The molecule has 21 heavy (non-hydrogen) atoms. The summed E-state index contributed by atoms with van der Waals surface area (Å²) in [4.78, 5) is 18.8. The number of carbonyl (C=O) groups is 1. The van der Waals surface area contributed by atoms with Gasteiger partial charge in [-0.1, -0.05) is 39.0 Å². The summed E-state index contributed by atoms with van der Waals surface area (Å²) in [7, 11) is 1.63. The highest BCUT2D eigenvalue weighted by Gasteiger charge is 2.16. The second-order valence-electron chi connectivity index (χ2n) is 6.21. The fourth-order valence-corrected chi connectivity index (χ4v) is 2.88. The zero-order valence-electron chi connectivity index (χ0n) is 13.9. The lowest BCUT2D eigenvalue weighted by Gasteiger charge is -2.23. The van der Waals surface area contributed by atoms with Crippen LogP contribution in [-0.4, -0.2) is 31.5 Å². The van der Waals surface area contributed by atoms with Crippen LogP contribution in [0, 0.1) is 11.8 Å². The molecule has 0 spiro atoms. The maximum Gasteiger partial charge on any atom is 0.186 e. The Labute approximate surface area is 132 Å². The lowest BCUT2D eigenvalue weighted by molar-refractivity contribution is 0.112. The molecule has 0 amide bonds. The van der Waals surface area contributed by atoms with E-state index in [9.17, 15) is 4.79 Å².